The largest absolute Gasteiger partial charge is 0.414 e. The number of hydrogen-bond acceptors (Lipinski definition) is 3. The molecule has 0 N–H and O–H groups in total. The predicted molar refractivity (Wildman–Crippen MR) is 156 cm³/mol. The molecular formula is C30H60O3Si2. The molecule has 0 aromatic heterocycles. The van der Waals surface area contributed by atoms with E-state index in [1.54, 1.807) is 0 Å². The van der Waals surface area contributed by atoms with E-state index in [0.29, 0.717) is 41.5 Å². The van der Waals surface area contributed by atoms with Gasteiger partial charge in [-0.05, 0) is 105 Å². The molecule has 0 unspecified atom stereocenters. The number of rotatable bonds is 15. The van der Waals surface area contributed by atoms with Crippen molar-refractivity contribution >= 4 is 22.4 Å². The van der Waals surface area contributed by atoms with Crippen LogP contribution in [0.5, 0.6) is 0 Å². The fourth-order valence-electron chi connectivity index (χ4n) is 7.98. The van der Waals surface area contributed by atoms with Gasteiger partial charge in [0.25, 0.3) is 0 Å². The van der Waals surface area contributed by atoms with E-state index in [-0.39, 0.29) is 0 Å². The van der Waals surface area contributed by atoms with Gasteiger partial charge in [0.2, 0.25) is 0 Å². The molecule has 2 saturated carbocycles. The first-order chi connectivity index (χ1) is 16.4. The van der Waals surface area contributed by atoms with Crippen LogP contribution in [0.3, 0.4) is 0 Å². The van der Waals surface area contributed by atoms with Crippen LogP contribution in [0.4, 0.5) is 0 Å². The Balaban J connectivity index is 2.04. The van der Waals surface area contributed by atoms with Gasteiger partial charge in [-0.2, -0.15) is 0 Å². The monoisotopic (exact) mass is 524 g/mol. The summed E-state index contributed by atoms with van der Waals surface area (Å²) in [5.41, 5.74) is -0.268. The molecule has 2 aliphatic carbocycles. The summed E-state index contributed by atoms with van der Waals surface area (Å²) in [6.07, 6.45) is 8.67. The molecule has 5 atom stereocenters. The molecule has 0 bridgehead atoms. The van der Waals surface area contributed by atoms with Crippen molar-refractivity contribution < 1.29 is 13.6 Å². The van der Waals surface area contributed by atoms with Gasteiger partial charge in [-0.1, -0.05) is 61.8 Å². The predicted octanol–water partition coefficient (Wildman–Crippen LogP) is 9.38. The van der Waals surface area contributed by atoms with Crippen LogP contribution in [0, 0.1) is 23.2 Å². The minimum atomic E-state index is -1.80. The Bertz CT molecular complexity index is 654. The van der Waals surface area contributed by atoms with E-state index in [9.17, 15) is 4.79 Å². The average Bonchev–Trinajstić information content (AvgIpc) is 3.22. The Kier molecular flexibility index (Phi) is 11.3. The van der Waals surface area contributed by atoms with Gasteiger partial charge in [-0.15, -0.1) is 0 Å². The first kappa shape index (κ1) is 31.2. The molecule has 0 aromatic rings. The SMILES string of the molecule is CC[Si](CC)(CC)O[C@H]1CCC[C@]2(C)[C@@H]([C@H](C)CCC(=O)C(C)(C)O[Si](CC)(CC)CC)CC[C@@H]12. The Morgan fingerprint density at radius 2 is 1.46 bits per heavy atom. The summed E-state index contributed by atoms with van der Waals surface area (Å²) in [5.74, 6) is 2.32. The average molecular weight is 525 g/mol. The minimum absolute atomic E-state index is 0.311. The van der Waals surface area contributed by atoms with Crippen molar-refractivity contribution in [3.63, 3.8) is 0 Å². The first-order valence-electron chi connectivity index (χ1n) is 15.3. The summed E-state index contributed by atoms with van der Waals surface area (Å²) in [6.45, 7) is 22.9. The van der Waals surface area contributed by atoms with Gasteiger partial charge in [-0.3, -0.25) is 4.79 Å². The second-order valence-electron chi connectivity index (χ2n) is 12.9. The number of ketones is 1. The van der Waals surface area contributed by atoms with Gasteiger partial charge in [0.1, 0.15) is 5.60 Å². The Morgan fingerprint density at radius 3 is 1.97 bits per heavy atom. The molecule has 3 nitrogen and oxygen atoms in total. The van der Waals surface area contributed by atoms with Crippen LogP contribution in [-0.4, -0.2) is 34.1 Å². The number of Topliss-reactive ketones (excluding diaryl/α,β-unsaturated/α-hetero) is 1. The highest BCUT2D eigenvalue weighted by Gasteiger charge is 2.54. The molecule has 2 aliphatic rings. The van der Waals surface area contributed by atoms with Gasteiger partial charge >= 0.3 is 0 Å². The molecule has 2 fully saturated rings. The van der Waals surface area contributed by atoms with Crippen LogP contribution in [0.1, 0.15) is 114 Å². The number of carbonyl (C=O) groups is 1. The molecule has 0 aliphatic heterocycles. The van der Waals surface area contributed by atoms with E-state index in [2.05, 4.69) is 55.4 Å². The van der Waals surface area contributed by atoms with Crippen LogP contribution in [0.25, 0.3) is 0 Å². The van der Waals surface area contributed by atoms with Gasteiger partial charge in [0.15, 0.2) is 22.4 Å². The van der Waals surface area contributed by atoms with Gasteiger partial charge in [0.05, 0.1) is 0 Å². The summed E-state index contributed by atoms with van der Waals surface area (Å²) in [5, 5.41) is 0. The van der Waals surface area contributed by atoms with Crippen LogP contribution >= 0.6 is 0 Å². The summed E-state index contributed by atoms with van der Waals surface area (Å²) in [7, 11) is -3.38. The zero-order valence-electron chi connectivity index (χ0n) is 25.2. The van der Waals surface area contributed by atoms with Crippen molar-refractivity contribution in [3.05, 3.63) is 0 Å². The maximum atomic E-state index is 13.4. The van der Waals surface area contributed by atoms with E-state index in [4.69, 9.17) is 8.85 Å². The molecule has 2 rings (SSSR count). The smallest absolute Gasteiger partial charge is 0.193 e. The molecule has 5 heteroatoms. The molecule has 206 valence electrons. The van der Waals surface area contributed by atoms with Crippen molar-refractivity contribution in [2.24, 2.45) is 23.2 Å². The van der Waals surface area contributed by atoms with Crippen LogP contribution < -0.4 is 0 Å². The van der Waals surface area contributed by atoms with Gasteiger partial charge < -0.3 is 8.85 Å². The third-order valence-electron chi connectivity index (χ3n) is 11.1. The fraction of sp³-hybridized carbons (Fsp3) is 0.967. The number of fused-ring (bicyclic) bond motifs is 1. The Morgan fingerprint density at radius 1 is 0.914 bits per heavy atom. The highest BCUT2D eigenvalue weighted by molar-refractivity contribution is 6.74. The topological polar surface area (TPSA) is 35.5 Å². The lowest BCUT2D eigenvalue weighted by Gasteiger charge is -2.49. The number of hydrogen-bond donors (Lipinski definition) is 0. The quantitative estimate of drug-likeness (QED) is 0.200. The van der Waals surface area contributed by atoms with Gasteiger partial charge in [0, 0.05) is 12.5 Å². The highest BCUT2D eigenvalue weighted by atomic mass is 28.4. The van der Waals surface area contributed by atoms with Crippen molar-refractivity contribution in [1.29, 1.82) is 0 Å². The van der Waals surface area contributed by atoms with Crippen LogP contribution in [0.2, 0.25) is 36.3 Å². The zero-order valence-corrected chi connectivity index (χ0v) is 27.2. The molecule has 0 spiro atoms. The summed E-state index contributed by atoms with van der Waals surface area (Å²) >= 11 is 0. The molecule has 0 heterocycles. The molecule has 0 radical (unpaired) electrons. The van der Waals surface area contributed by atoms with Crippen molar-refractivity contribution in [2.75, 3.05) is 0 Å². The zero-order chi connectivity index (χ0) is 26.5. The molecule has 0 aromatic carbocycles. The maximum absolute atomic E-state index is 13.4. The van der Waals surface area contributed by atoms with Crippen LogP contribution in [0.15, 0.2) is 0 Å². The summed E-state index contributed by atoms with van der Waals surface area (Å²) in [6, 6.07) is 7.02. The lowest BCUT2D eigenvalue weighted by atomic mass is 9.61. The van der Waals surface area contributed by atoms with E-state index < -0.39 is 22.2 Å². The lowest BCUT2D eigenvalue weighted by molar-refractivity contribution is -0.133. The Labute approximate surface area is 221 Å². The molecular weight excluding hydrogens is 464 g/mol. The standard InChI is InChI=1S/C30H60O3Si2/c1-11-34(12-2,13-3)32-27-18-17-23-30(10)25(20-21-26(27)30)24(7)19-22-28(31)29(8,9)33-35(14-4,15-5)16-6/h24-27H,11-23H2,1-10H3/t24-,25-,26+,27+,30-/m1/s1. The molecule has 35 heavy (non-hydrogen) atoms. The maximum Gasteiger partial charge on any atom is 0.193 e. The van der Waals surface area contributed by atoms with E-state index in [1.165, 1.54) is 50.2 Å². The normalized spacial score (nSPS) is 28.7. The summed E-state index contributed by atoms with van der Waals surface area (Å²) in [4.78, 5) is 13.4. The minimum Gasteiger partial charge on any atom is -0.414 e. The van der Waals surface area contributed by atoms with Crippen molar-refractivity contribution in [1.82, 2.24) is 0 Å². The molecule has 0 saturated heterocycles. The van der Waals surface area contributed by atoms with Crippen molar-refractivity contribution in [3.8, 4) is 0 Å². The fourth-order valence-corrected chi connectivity index (χ4v) is 14.0. The Hall–Kier alpha value is 0.0238. The second-order valence-corrected chi connectivity index (χ2v) is 22.3. The first-order valence-corrected chi connectivity index (χ1v) is 20.4. The third kappa shape index (κ3) is 6.73. The van der Waals surface area contributed by atoms with E-state index in [1.807, 2.05) is 13.8 Å². The van der Waals surface area contributed by atoms with Crippen LogP contribution in [-0.2, 0) is 13.6 Å². The molecule has 0 amide bonds. The number of carbonyl (C=O) groups excluding carboxylic acids is 1. The highest BCUT2D eigenvalue weighted by Crippen LogP contribution is 2.59. The second kappa shape index (κ2) is 12.7. The van der Waals surface area contributed by atoms with Crippen molar-refractivity contribution in [2.45, 2.75) is 162 Å². The van der Waals surface area contributed by atoms with E-state index in [0.717, 1.165) is 24.6 Å². The van der Waals surface area contributed by atoms with E-state index >= 15 is 0 Å². The lowest BCUT2D eigenvalue weighted by Crippen LogP contribution is -2.49. The third-order valence-corrected chi connectivity index (χ3v) is 20.5. The van der Waals surface area contributed by atoms with Gasteiger partial charge in [-0.25, -0.2) is 0 Å². The summed E-state index contributed by atoms with van der Waals surface area (Å²) < 4.78 is 13.8.